The summed E-state index contributed by atoms with van der Waals surface area (Å²) in [6.07, 6.45) is 2.05. The predicted octanol–water partition coefficient (Wildman–Crippen LogP) is 1.16. The maximum absolute atomic E-state index is 11.1. The number of carbonyl (C=O) groups is 1. The molecule has 1 aromatic carbocycles. The molecule has 0 bridgehead atoms. The number of carbonyl (C=O) groups excluding carboxylic acids is 1. The van der Waals surface area contributed by atoms with Gasteiger partial charge in [-0.15, -0.1) is 0 Å². The molecule has 0 saturated heterocycles. The highest BCUT2D eigenvalue weighted by atomic mass is 16.3. The van der Waals surface area contributed by atoms with Crippen molar-refractivity contribution in [3.63, 3.8) is 0 Å². The van der Waals surface area contributed by atoms with Crippen molar-refractivity contribution in [2.75, 3.05) is 0 Å². The first kappa shape index (κ1) is 7.03. The van der Waals surface area contributed by atoms with E-state index in [4.69, 9.17) is 0 Å². The van der Waals surface area contributed by atoms with E-state index >= 15 is 0 Å². The molecule has 0 radical (unpaired) electrons. The molecule has 3 heteroatoms. The van der Waals surface area contributed by atoms with Crippen LogP contribution in [-0.4, -0.2) is 17.2 Å². The Labute approximate surface area is 69.4 Å². The second-order valence-corrected chi connectivity index (χ2v) is 2.62. The lowest BCUT2D eigenvalue weighted by atomic mass is 10.0. The fourth-order valence-corrected chi connectivity index (χ4v) is 1.28. The van der Waals surface area contributed by atoms with Crippen molar-refractivity contribution in [3.8, 4) is 5.75 Å². The number of hydrogen-bond donors (Lipinski definition) is 1. The van der Waals surface area contributed by atoms with Gasteiger partial charge in [0.1, 0.15) is 5.75 Å². The fourth-order valence-electron chi connectivity index (χ4n) is 1.28. The van der Waals surface area contributed by atoms with Crippen LogP contribution in [-0.2, 0) is 6.42 Å². The molecule has 0 fully saturated rings. The highest BCUT2D eigenvalue weighted by Crippen LogP contribution is 2.23. The van der Waals surface area contributed by atoms with Crippen molar-refractivity contribution in [2.24, 2.45) is 4.99 Å². The normalized spacial score (nSPS) is 14.5. The van der Waals surface area contributed by atoms with Gasteiger partial charge < -0.3 is 5.11 Å². The average Bonchev–Trinajstić information content (AvgIpc) is 2.07. The Hall–Kier alpha value is -1.64. The Bertz CT molecular complexity index is 369. The van der Waals surface area contributed by atoms with Crippen LogP contribution in [0.2, 0.25) is 0 Å². The third-order valence-corrected chi connectivity index (χ3v) is 1.89. The van der Waals surface area contributed by atoms with Crippen LogP contribution < -0.4 is 0 Å². The summed E-state index contributed by atoms with van der Waals surface area (Å²) in [6, 6.07) is 4.89. The Morgan fingerprint density at radius 1 is 1.42 bits per heavy atom. The van der Waals surface area contributed by atoms with Gasteiger partial charge in [0.15, 0.2) is 0 Å². The van der Waals surface area contributed by atoms with Crippen LogP contribution in [0.4, 0.5) is 0 Å². The quantitative estimate of drug-likeness (QED) is 0.620. The number of aliphatic imine (C=N–C) groups is 1. The van der Waals surface area contributed by atoms with Crippen molar-refractivity contribution in [2.45, 2.75) is 6.42 Å². The monoisotopic (exact) mass is 161 g/mol. The van der Waals surface area contributed by atoms with Gasteiger partial charge in [0.2, 0.25) is 0 Å². The smallest absolute Gasteiger partial charge is 0.277 e. The van der Waals surface area contributed by atoms with Crippen molar-refractivity contribution >= 4 is 12.1 Å². The Morgan fingerprint density at radius 3 is 3.00 bits per heavy atom. The standard InChI is InChI=1S/C9H7NO2/c11-8-3-1-2-7-6(8)4-5-10-9(7)12/h1-3,5,11H,4H2. The second-order valence-electron chi connectivity index (χ2n) is 2.62. The van der Waals surface area contributed by atoms with Crippen molar-refractivity contribution in [1.29, 1.82) is 0 Å². The van der Waals surface area contributed by atoms with E-state index in [1.54, 1.807) is 18.2 Å². The van der Waals surface area contributed by atoms with E-state index in [1.807, 2.05) is 0 Å². The number of fused-ring (bicyclic) bond motifs is 1. The Balaban J connectivity index is 2.65. The second kappa shape index (κ2) is 2.44. The summed E-state index contributed by atoms with van der Waals surface area (Å²) in [5, 5.41) is 9.36. The molecule has 60 valence electrons. The van der Waals surface area contributed by atoms with Crippen molar-refractivity contribution < 1.29 is 9.90 Å². The molecular weight excluding hydrogens is 154 g/mol. The maximum Gasteiger partial charge on any atom is 0.277 e. The van der Waals surface area contributed by atoms with E-state index in [9.17, 15) is 9.90 Å². The van der Waals surface area contributed by atoms with Gasteiger partial charge in [-0.25, -0.2) is 4.99 Å². The molecule has 1 heterocycles. The molecule has 3 nitrogen and oxygen atoms in total. The van der Waals surface area contributed by atoms with Crippen LogP contribution in [0.5, 0.6) is 5.75 Å². The molecule has 1 aliphatic rings. The maximum atomic E-state index is 11.1. The molecule has 0 unspecified atom stereocenters. The topological polar surface area (TPSA) is 49.7 Å². The van der Waals surface area contributed by atoms with Crippen LogP contribution in [0.25, 0.3) is 0 Å². The fraction of sp³-hybridized carbons (Fsp3) is 0.111. The van der Waals surface area contributed by atoms with Gasteiger partial charge >= 0.3 is 0 Å². The number of benzene rings is 1. The lowest BCUT2D eigenvalue weighted by molar-refractivity contribution is 0.100. The van der Waals surface area contributed by atoms with Crippen LogP contribution >= 0.6 is 0 Å². The minimum absolute atomic E-state index is 0.173. The summed E-state index contributed by atoms with van der Waals surface area (Å²) in [7, 11) is 0. The summed E-state index contributed by atoms with van der Waals surface area (Å²) in [6.45, 7) is 0. The van der Waals surface area contributed by atoms with E-state index in [0.29, 0.717) is 17.5 Å². The number of rotatable bonds is 0. The van der Waals surface area contributed by atoms with Crippen LogP contribution in [0.15, 0.2) is 23.2 Å². The molecule has 0 aromatic heterocycles. The number of nitrogens with zero attached hydrogens (tertiary/aromatic N) is 1. The summed E-state index contributed by atoms with van der Waals surface area (Å²) in [4.78, 5) is 14.8. The summed E-state index contributed by atoms with van der Waals surface area (Å²) in [5.41, 5.74) is 1.19. The number of amides is 1. The predicted molar refractivity (Wildman–Crippen MR) is 44.6 cm³/mol. The zero-order chi connectivity index (χ0) is 8.55. The van der Waals surface area contributed by atoms with Crippen molar-refractivity contribution in [1.82, 2.24) is 0 Å². The van der Waals surface area contributed by atoms with Crippen LogP contribution in [0, 0.1) is 0 Å². The first-order chi connectivity index (χ1) is 5.79. The summed E-state index contributed by atoms with van der Waals surface area (Å²) < 4.78 is 0. The van der Waals surface area contributed by atoms with E-state index in [2.05, 4.69) is 4.99 Å². The van der Waals surface area contributed by atoms with Crippen LogP contribution in [0.3, 0.4) is 0 Å². The molecule has 1 aromatic rings. The molecular formula is C9H7NO2. The van der Waals surface area contributed by atoms with Crippen molar-refractivity contribution in [3.05, 3.63) is 29.3 Å². The molecule has 0 aliphatic carbocycles. The first-order valence-corrected chi connectivity index (χ1v) is 3.67. The Morgan fingerprint density at radius 2 is 2.25 bits per heavy atom. The minimum Gasteiger partial charge on any atom is -0.508 e. The average molecular weight is 161 g/mol. The zero-order valence-electron chi connectivity index (χ0n) is 6.32. The van der Waals surface area contributed by atoms with E-state index in [-0.39, 0.29) is 11.7 Å². The number of phenolic OH excluding ortho intramolecular Hbond substituents is 1. The van der Waals surface area contributed by atoms with Crippen LogP contribution in [0.1, 0.15) is 15.9 Å². The minimum atomic E-state index is -0.271. The van der Waals surface area contributed by atoms with Gasteiger partial charge in [-0.2, -0.15) is 0 Å². The van der Waals surface area contributed by atoms with Gasteiger partial charge in [0.25, 0.3) is 5.91 Å². The highest BCUT2D eigenvalue weighted by molar-refractivity contribution is 6.04. The number of phenols is 1. The van der Waals surface area contributed by atoms with E-state index in [1.165, 1.54) is 6.21 Å². The largest absolute Gasteiger partial charge is 0.508 e. The Kier molecular flexibility index (Phi) is 1.43. The summed E-state index contributed by atoms with van der Waals surface area (Å²) >= 11 is 0. The highest BCUT2D eigenvalue weighted by Gasteiger charge is 2.15. The third kappa shape index (κ3) is 0.906. The molecule has 0 atom stereocenters. The number of hydrogen-bond acceptors (Lipinski definition) is 2. The lowest BCUT2D eigenvalue weighted by Gasteiger charge is -2.09. The molecule has 1 amide bonds. The SMILES string of the molecule is O=C1N=CCc2c(O)cccc21. The third-order valence-electron chi connectivity index (χ3n) is 1.89. The molecule has 0 saturated carbocycles. The molecule has 1 N–H and O–H groups in total. The van der Waals surface area contributed by atoms with Gasteiger partial charge in [0, 0.05) is 23.8 Å². The van der Waals surface area contributed by atoms with E-state index < -0.39 is 0 Å². The molecule has 1 aliphatic heterocycles. The molecule has 2 rings (SSSR count). The summed E-state index contributed by atoms with van der Waals surface area (Å²) in [5.74, 6) is -0.0980. The zero-order valence-corrected chi connectivity index (χ0v) is 6.32. The van der Waals surface area contributed by atoms with Gasteiger partial charge in [0.05, 0.1) is 0 Å². The molecule has 12 heavy (non-hydrogen) atoms. The van der Waals surface area contributed by atoms with E-state index in [0.717, 1.165) is 0 Å². The van der Waals surface area contributed by atoms with Gasteiger partial charge in [-0.3, -0.25) is 4.79 Å². The first-order valence-electron chi connectivity index (χ1n) is 3.67. The molecule has 0 spiro atoms. The van der Waals surface area contributed by atoms with Gasteiger partial charge in [-0.1, -0.05) is 6.07 Å². The lowest BCUT2D eigenvalue weighted by Crippen LogP contribution is -2.07. The number of aromatic hydroxyl groups is 1. The van der Waals surface area contributed by atoms with Gasteiger partial charge in [-0.05, 0) is 12.1 Å².